The summed E-state index contributed by atoms with van der Waals surface area (Å²) in [5.41, 5.74) is 0.584. The number of hydrogen-bond acceptors (Lipinski definition) is 5. The van der Waals surface area contributed by atoms with Gasteiger partial charge in [-0.05, 0) is 36.5 Å². The lowest BCUT2D eigenvalue weighted by Gasteiger charge is -1.99. The first-order chi connectivity index (χ1) is 9.75. The van der Waals surface area contributed by atoms with Crippen LogP contribution in [0.1, 0.15) is 5.56 Å². The summed E-state index contributed by atoms with van der Waals surface area (Å²) in [4.78, 5) is 0. The molecule has 0 spiro atoms. The largest absolute Gasteiger partial charge is 0.507 e. The number of aromatic nitrogens is 3. The van der Waals surface area contributed by atoms with E-state index in [1.54, 1.807) is 36.6 Å². The average Bonchev–Trinajstić information content (AvgIpc) is 3.08. The molecule has 2 aromatic heterocycles. The number of nitrogens with zero attached hydrogens (tertiary/aromatic N) is 3. The zero-order chi connectivity index (χ0) is 13.9. The molecule has 2 N–H and O–H groups in total. The molecule has 0 aliphatic heterocycles. The summed E-state index contributed by atoms with van der Waals surface area (Å²) in [5, 5.41) is 20.6. The van der Waals surface area contributed by atoms with E-state index in [0.29, 0.717) is 21.9 Å². The standard InChI is InChI=1S/C13H10N4O2S/c18-10-5-2-1-4-9(10)8-14-17-12(15-16-13(17)20)11-6-3-7-19-11/h1-8,18H,(H,16,20). The third kappa shape index (κ3) is 2.26. The molecule has 0 radical (unpaired) electrons. The topological polar surface area (TPSA) is 79.3 Å². The lowest BCUT2D eigenvalue weighted by molar-refractivity contribution is 0.474. The molecule has 0 aliphatic rings. The smallest absolute Gasteiger partial charge is 0.219 e. The molecule has 2 heterocycles. The Bertz CT molecular complexity index is 802. The molecule has 0 saturated carbocycles. The van der Waals surface area contributed by atoms with Gasteiger partial charge in [-0.2, -0.15) is 9.78 Å². The van der Waals surface area contributed by atoms with Gasteiger partial charge in [0.15, 0.2) is 5.76 Å². The lowest BCUT2D eigenvalue weighted by Crippen LogP contribution is -1.94. The van der Waals surface area contributed by atoms with Crippen molar-refractivity contribution < 1.29 is 9.52 Å². The second kappa shape index (κ2) is 5.14. The summed E-state index contributed by atoms with van der Waals surface area (Å²) in [6.07, 6.45) is 3.05. The van der Waals surface area contributed by atoms with E-state index in [-0.39, 0.29) is 5.75 Å². The van der Waals surface area contributed by atoms with Crippen molar-refractivity contribution in [1.82, 2.24) is 14.9 Å². The lowest BCUT2D eigenvalue weighted by atomic mass is 10.2. The Labute approximate surface area is 119 Å². The van der Waals surface area contributed by atoms with Gasteiger partial charge in [0.25, 0.3) is 0 Å². The zero-order valence-electron chi connectivity index (χ0n) is 10.2. The average molecular weight is 286 g/mol. The molecule has 100 valence electrons. The van der Waals surface area contributed by atoms with Gasteiger partial charge in [-0.1, -0.05) is 12.1 Å². The van der Waals surface area contributed by atoms with Crippen molar-refractivity contribution in [2.45, 2.75) is 0 Å². The van der Waals surface area contributed by atoms with E-state index in [1.807, 2.05) is 6.07 Å². The number of furan rings is 1. The Morgan fingerprint density at radius 2 is 2.15 bits per heavy atom. The fraction of sp³-hybridized carbons (Fsp3) is 0. The van der Waals surface area contributed by atoms with Crippen LogP contribution >= 0.6 is 12.2 Å². The molecular weight excluding hydrogens is 276 g/mol. The molecule has 0 fully saturated rings. The van der Waals surface area contributed by atoms with Gasteiger partial charge in [-0.3, -0.25) is 0 Å². The van der Waals surface area contributed by atoms with Crippen molar-refractivity contribution >= 4 is 18.4 Å². The number of benzene rings is 1. The normalized spacial score (nSPS) is 11.2. The summed E-state index contributed by atoms with van der Waals surface area (Å²) >= 11 is 5.12. The molecule has 0 saturated heterocycles. The summed E-state index contributed by atoms with van der Waals surface area (Å²) in [6.45, 7) is 0. The minimum absolute atomic E-state index is 0.144. The fourth-order valence-electron chi connectivity index (χ4n) is 1.68. The zero-order valence-corrected chi connectivity index (χ0v) is 11.0. The Hall–Kier alpha value is -2.67. The number of aromatic hydroxyl groups is 1. The summed E-state index contributed by atoms with van der Waals surface area (Å²) < 4.78 is 7.04. The Kier molecular flexibility index (Phi) is 3.18. The Balaban J connectivity index is 2.02. The van der Waals surface area contributed by atoms with Crippen LogP contribution in [0.4, 0.5) is 0 Å². The maximum absolute atomic E-state index is 9.69. The number of H-pyrrole nitrogens is 1. The predicted octanol–water partition coefficient (Wildman–Crippen LogP) is 2.79. The Morgan fingerprint density at radius 1 is 1.30 bits per heavy atom. The SMILES string of the molecule is Oc1ccccc1C=Nn1c(-c2ccco2)n[nH]c1=S. The first-order valence-corrected chi connectivity index (χ1v) is 6.20. The molecule has 3 aromatic rings. The monoisotopic (exact) mass is 286 g/mol. The van der Waals surface area contributed by atoms with Gasteiger partial charge in [0.2, 0.25) is 10.6 Å². The number of phenolic OH excluding ortho intramolecular Hbond substituents is 1. The van der Waals surface area contributed by atoms with Crippen LogP contribution in [0.2, 0.25) is 0 Å². The van der Waals surface area contributed by atoms with Crippen LogP contribution in [0, 0.1) is 4.77 Å². The maximum Gasteiger partial charge on any atom is 0.219 e. The van der Waals surface area contributed by atoms with E-state index < -0.39 is 0 Å². The molecule has 0 atom stereocenters. The number of aromatic amines is 1. The molecule has 20 heavy (non-hydrogen) atoms. The highest BCUT2D eigenvalue weighted by atomic mass is 32.1. The second-order valence-electron chi connectivity index (χ2n) is 3.94. The van der Waals surface area contributed by atoms with Gasteiger partial charge in [0, 0.05) is 5.56 Å². The van der Waals surface area contributed by atoms with Crippen LogP contribution in [-0.2, 0) is 0 Å². The number of rotatable bonds is 3. The van der Waals surface area contributed by atoms with Crippen molar-refractivity contribution in [2.75, 3.05) is 0 Å². The first kappa shape index (κ1) is 12.4. The molecular formula is C13H10N4O2S. The summed E-state index contributed by atoms with van der Waals surface area (Å²) in [5.74, 6) is 1.16. The van der Waals surface area contributed by atoms with E-state index in [4.69, 9.17) is 16.6 Å². The third-order valence-electron chi connectivity index (χ3n) is 2.64. The minimum Gasteiger partial charge on any atom is -0.507 e. The highest BCUT2D eigenvalue weighted by Crippen LogP contribution is 2.18. The molecule has 0 unspecified atom stereocenters. The fourth-order valence-corrected chi connectivity index (χ4v) is 1.86. The van der Waals surface area contributed by atoms with E-state index in [0.717, 1.165) is 0 Å². The second-order valence-corrected chi connectivity index (χ2v) is 4.33. The Morgan fingerprint density at radius 3 is 2.90 bits per heavy atom. The highest BCUT2D eigenvalue weighted by molar-refractivity contribution is 7.71. The van der Waals surface area contributed by atoms with Gasteiger partial charge in [0.05, 0.1) is 12.5 Å². The van der Waals surface area contributed by atoms with Gasteiger partial charge in [-0.15, -0.1) is 5.10 Å². The number of para-hydroxylation sites is 1. The number of nitrogens with one attached hydrogen (secondary N) is 1. The molecule has 0 amide bonds. The van der Waals surface area contributed by atoms with Crippen LogP contribution in [-0.4, -0.2) is 26.2 Å². The van der Waals surface area contributed by atoms with Gasteiger partial charge in [0.1, 0.15) is 5.75 Å². The van der Waals surface area contributed by atoms with Crippen LogP contribution in [0.5, 0.6) is 5.75 Å². The quantitative estimate of drug-likeness (QED) is 0.573. The molecule has 7 heteroatoms. The van der Waals surface area contributed by atoms with Crippen LogP contribution < -0.4 is 0 Å². The van der Waals surface area contributed by atoms with Crippen LogP contribution in [0.15, 0.2) is 52.2 Å². The molecule has 3 rings (SSSR count). The number of hydrogen-bond donors (Lipinski definition) is 2. The van der Waals surface area contributed by atoms with Crippen molar-refractivity contribution in [3.8, 4) is 17.3 Å². The van der Waals surface area contributed by atoms with Crippen molar-refractivity contribution in [3.63, 3.8) is 0 Å². The summed E-state index contributed by atoms with van der Waals surface area (Å²) in [7, 11) is 0. The summed E-state index contributed by atoms with van der Waals surface area (Å²) in [6, 6.07) is 10.4. The number of phenols is 1. The first-order valence-electron chi connectivity index (χ1n) is 5.79. The van der Waals surface area contributed by atoms with E-state index in [9.17, 15) is 5.11 Å². The molecule has 0 bridgehead atoms. The van der Waals surface area contributed by atoms with E-state index in [2.05, 4.69) is 15.3 Å². The molecule has 1 aromatic carbocycles. The van der Waals surface area contributed by atoms with Crippen molar-refractivity contribution in [3.05, 3.63) is 53.0 Å². The third-order valence-corrected chi connectivity index (χ3v) is 2.91. The van der Waals surface area contributed by atoms with Crippen LogP contribution in [0.25, 0.3) is 11.6 Å². The van der Waals surface area contributed by atoms with Gasteiger partial charge >= 0.3 is 0 Å². The van der Waals surface area contributed by atoms with Crippen molar-refractivity contribution in [2.24, 2.45) is 5.10 Å². The maximum atomic E-state index is 9.69. The molecule has 0 aliphatic carbocycles. The van der Waals surface area contributed by atoms with Gasteiger partial charge < -0.3 is 9.52 Å². The van der Waals surface area contributed by atoms with E-state index >= 15 is 0 Å². The van der Waals surface area contributed by atoms with Crippen LogP contribution in [0.3, 0.4) is 0 Å². The van der Waals surface area contributed by atoms with E-state index in [1.165, 1.54) is 10.9 Å². The molecule has 6 nitrogen and oxygen atoms in total. The van der Waals surface area contributed by atoms with Gasteiger partial charge in [-0.25, -0.2) is 5.10 Å². The van der Waals surface area contributed by atoms with Crippen molar-refractivity contribution in [1.29, 1.82) is 0 Å². The highest BCUT2D eigenvalue weighted by Gasteiger charge is 2.10. The predicted molar refractivity (Wildman–Crippen MR) is 76.2 cm³/mol. The minimum atomic E-state index is 0.144.